The van der Waals surface area contributed by atoms with Crippen molar-refractivity contribution in [2.45, 2.75) is 57.7 Å². The Balaban J connectivity index is 2.18. The van der Waals surface area contributed by atoms with Crippen LogP contribution in [0.25, 0.3) is 0 Å². The zero-order chi connectivity index (χ0) is 10.6. The van der Waals surface area contributed by atoms with E-state index in [1.54, 1.807) is 0 Å². The largest absolute Gasteiger partial charge is 0.313 e. The zero-order valence-electron chi connectivity index (χ0n) is 10.1. The third kappa shape index (κ3) is 3.47. The average molecular weight is 215 g/mol. The van der Waals surface area contributed by atoms with Gasteiger partial charge >= 0.3 is 0 Å². The number of thioether (sulfide) groups is 1. The molecule has 0 radical (unpaired) electrons. The van der Waals surface area contributed by atoms with E-state index in [1.165, 1.54) is 32.2 Å². The SMILES string of the molecule is CSC(C)CCNC1CCCC1(C)C. The Labute approximate surface area is 93.4 Å². The third-order valence-corrected chi connectivity index (χ3v) is 4.64. The molecule has 2 heteroatoms. The summed E-state index contributed by atoms with van der Waals surface area (Å²) >= 11 is 1.97. The van der Waals surface area contributed by atoms with Crippen molar-refractivity contribution < 1.29 is 0 Å². The predicted molar refractivity (Wildman–Crippen MR) is 67.0 cm³/mol. The summed E-state index contributed by atoms with van der Waals surface area (Å²) in [6, 6.07) is 0.761. The summed E-state index contributed by atoms with van der Waals surface area (Å²) in [7, 11) is 0. The van der Waals surface area contributed by atoms with E-state index in [4.69, 9.17) is 0 Å². The summed E-state index contributed by atoms with van der Waals surface area (Å²) in [4.78, 5) is 0. The maximum absolute atomic E-state index is 3.72. The first-order valence-corrected chi connectivity index (χ1v) is 7.11. The molecule has 0 spiro atoms. The molecule has 1 saturated carbocycles. The van der Waals surface area contributed by atoms with Gasteiger partial charge in [-0.2, -0.15) is 11.8 Å². The van der Waals surface area contributed by atoms with Gasteiger partial charge in [0.05, 0.1) is 0 Å². The van der Waals surface area contributed by atoms with E-state index in [0.29, 0.717) is 5.41 Å². The van der Waals surface area contributed by atoms with Crippen LogP contribution in [0.15, 0.2) is 0 Å². The van der Waals surface area contributed by atoms with Gasteiger partial charge in [-0.15, -0.1) is 0 Å². The number of hydrogen-bond donors (Lipinski definition) is 1. The molecule has 2 unspecified atom stereocenters. The Hall–Kier alpha value is 0.310. The van der Waals surface area contributed by atoms with Gasteiger partial charge in [0.15, 0.2) is 0 Å². The summed E-state index contributed by atoms with van der Waals surface area (Å²) in [6.07, 6.45) is 7.67. The Kier molecular flexibility index (Phi) is 4.78. The highest BCUT2D eigenvalue weighted by molar-refractivity contribution is 7.99. The molecule has 1 fully saturated rings. The second-order valence-electron chi connectivity index (χ2n) is 5.22. The second kappa shape index (κ2) is 5.41. The summed E-state index contributed by atoms with van der Waals surface area (Å²) in [5, 5.41) is 4.52. The predicted octanol–water partition coefficient (Wildman–Crippen LogP) is 3.30. The van der Waals surface area contributed by atoms with Gasteiger partial charge in [-0.25, -0.2) is 0 Å². The molecule has 84 valence electrons. The molecule has 0 bridgehead atoms. The second-order valence-corrected chi connectivity index (χ2v) is 6.50. The van der Waals surface area contributed by atoms with Gasteiger partial charge in [0.2, 0.25) is 0 Å². The third-order valence-electron chi connectivity index (χ3n) is 3.60. The molecule has 0 aromatic rings. The van der Waals surface area contributed by atoms with Gasteiger partial charge in [0.25, 0.3) is 0 Å². The van der Waals surface area contributed by atoms with E-state index in [1.807, 2.05) is 11.8 Å². The highest BCUT2D eigenvalue weighted by atomic mass is 32.2. The topological polar surface area (TPSA) is 12.0 Å². The van der Waals surface area contributed by atoms with Gasteiger partial charge in [-0.1, -0.05) is 27.2 Å². The molecule has 1 aliphatic carbocycles. The molecule has 2 atom stereocenters. The highest BCUT2D eigenvalue weighted by Gasteiger charge is 2.33. The van der Waals surface area contributed by atoms with Gasteiger partial charge in [0, 0.05) is 11.3 Å². The minimum absolute atomic E-state index is 0.530. The maximum Gasteiger partial charge on any atom is 0.0118 e. The summed E-state index contributed by atoms with van der Waals surface area (Å²) in [6.45, 7) is 8.30. The monoisotopic (exact) mass is 215 g/mol. The molecule has 1 N–H and O–H groups in total. The first-order chi connectivity index (χ1) is 6.56. The van der Waals surface area contributed by atoms with E-state index in [-0.39, 0.29) is 0 Å². The van der Waals surface area contributed by atoms with E-state index in [9.17, 15) is 0 Å². The minimum Gasteiger partial charge on any atom is -0.313 e. The van der Waals surface area contributed by atoms with E-state index in [0.717, 1.165) is 11.3 Å². The van der Waals surface area contributed by atoms with E-state index >= 15 is 0 Å². The smallest absolute Gasteiger partial charge is 0.0118 e. The Morgan fingerprint density at radius 3 is 2.71 bits per heavy atom. The molecule has 0 amide bonds. The van der Waals surface area contributed by atoms with Crippen LogP contribution in [-0.2, 0) is 0 Å². The van der Waals surface area contributed by atoms with Crippen LogP contribution >= 0.6 is 11.8 Å². The van der Waals surface area contributed by atoms with Crippen molar-refractivity contribution in [2.75, 3.05) is 12.8 Å². The van der Waals surface area contributed by atoms with Crippen LogP contribution in [-0.4, -0.2) is 24.1 Å². The first kappa shape index (κ1) is 12.4. The maximum atomic E-state index is 3.72. The van der Waals surface area contributed by atoms with Crippen LogP contribution in [0.1, 0.15) is 46.5 Å². The van der Waals surface area contributed by atoms with Crippen molar-refractivity contribution in [3.05, 3.63) is 0 Å². The van der Waals surface area contributed by atoms with Crippen molar-refractivity contribution in [1.29, 1.82) is 0 Å². The number of nitrogens with one attached hydrogen (secondary N) is 1. The minimum atomic E-state index is 0.530. The normalized spacial score (nSPS) is 27.9. The fourth-order valence-corrected chi connectivity index (χ4v) is 2.64. The molecule has 0 heterocycles. The molecule has 0 aliphatic heterocycles. The van der Waals surface area contributed by atoms with Crippen LogP contribution in [0.4, 0.5) is 0 Å². The lowest BCUT2D eigenvalue weighted by Crippen LogP contribution is -2.38. The van der Waals surface area contributed by atoms with Crippen LogP contribution in [0, 0.1) is 5.41 Å². The fourth-order valence-electron chi connectivity index (χ4n) is 2.28. The summed E-state index contributed by atoms with van der Waals surface area (Å²) in [5.41, 5.74) is 0.530. The molecular weight excluding hydrogens is 190 g/mol. The molecular formula is C12H25NS. The number of hydrogen-bond acceptors (Lipinski definition) is 2. The molecule has 1 rings (SSSR count). The van der Waals surface area contributed by atoms with Crippen LogP contribution < -0.4 is 5.32 Å². The van der Waals surface area contributed by atoms with Crippen LogP contribution in [0.5, 0.6) is 0 Å². The lowest BCUT2D eigenvalue weighted by Gasteiger charge is -2.28. The van der Waals surface area contributed by atoms with E-state index < -0.39 is 0 Å². The van der Waals surface area contributed by atoms with Crippen LogP contribution in [0.3, 0.4) is 0 Å². The molecule has 0 saturated heterocycles. The summed E-state index contributed by atoms with van der Waals surface area (Å²) < 4.78 is 0. The average Bonchev–Trinajstić information content (AvgIpc) is 2.45. The van der Waals surface area contributed by atoms with Gasteiger partial charge < -0.3 is 5.32 Å². The van der Waals surface area contributed by atoms with Gasteiger partial charge in [-0.05, 0) is 37.5 Å². The molecule has 14 heavy (non-hydrogen) atoms. The lowest BCUT2D eigenvalue weighted by atomic mass is 9.87. The van der Waals surface area contributed by atoms with Crippen molar-refractivity contribution >= 4 is 11.8 Å². The van der Waals surface area contributed by atoms with Crippen molar-refractivity contribution in [2.24, 2.45) is 5.41 Å². The van der Waals surface area contributed by atoms with Crippen molar-refractivity contribution in [3.8, 4) is 0 Å². The fraction of sp³-hybridized carbons (Fsp3) is 1.00. The molecule has 0 aromatic heterocycles. The number of rotatable bonds is 5. The standard InChI is InChI=1S/C12H25NS/c1-10(14-4)7-9-13-11-6-5-8-12(11,2)3/h10-11,13H,5-9H2,1-4H3. The molecule has 1 nitrogen and oxygen atoms in total. The highest BCUT2D eigenvalue weighted by Crippen LogP contribution is 2.37. The van der Waals surface area contributed by atoms with E-state index in [2.05, 4.69) is 32.3 Å². The van der Waals surface area contributed by atoms with Crippen molar-refractivity contribution in [3.63, 3.8) is 0 Å². The van der Waals surface area contributed by atoms with Gasteiger partial charge in [-0.3, -0.25) is 0 Å². The summed E-state index contributed by atoms with van der Waals surface area (Å²) in [5.74, 6) is 0. The lowest BCUT2D eigenvalue weighted by molar-refractivity contribution is 0.283. The molecule has 1 aliphatic rings. The Bertz CT molecular complexity index is 168. The zero-order valence-corrected chi connectivity index (χ0v) is 10.9. The Morgan fingerprint density at radius 1 is 1.50 bits per heavy atom. The van der Waals surface area contributed by atoms with Crippen LogP contribution in [0.2, 0.25) is 0 Å². The van der Waals surface area contributed by atoms with Crippen molar-refractivity contribution in [1.82, 2.24) is 5.32 Å². The molecule has 0 aromatic carbocycles. The van der Waals surface area contributed by atoms with Gasteiger partial charge in [0.1, 0.15) is 0 Å². The quantitative estimate of drug-likeness (QED) is 0.755. The Morgan fingerprint density at radius 2 is 2.21 bits per heavy atom. The first-order valence-electron chi connectivity index (χ1n) is 5.82.